The van der Waals surface area contributed by atoms with Crippen molar-refractivity contribution in [3.8, 4) is 0 Å². The van der Waals surface area contributed by atoms with Crippen LogP contribution in [0, 0.1) is 5.41 Å². The minimum absolute atomic E-state index is 0.0939. The van der Waals surface area contributed by atoms with Gasteiger partial charge in [0.05, 0.1) is 22.4 Å². The highest BCUT2D eigenvalue weighted by atomic mass is 16.4. The molecule has 0 spiro atoms. The Morgan fingerprint density at radius 2 is 1.95 bits per heavy atom. The Balaban J connectivity index is 2.13. The van der Waals surface area contributed by atoms with Crippen molar-refractivity contribution < 1.29 is 19.5 Å². The lowest BCUT2D eigenvalue weighted by molar-refractivity contribution is -0.132. The maximum Gasteiger partial charge on any atom is 0.407 e. The molecule has 1 saturated heterocycles. The summed E-state index contributed by atoms with van der Waals surface area (Å²) < 4.78 is 0. The number of hydrogen-bond donors (Lipinski definition) is 4. The molecule has 0 radical (unpaired) electrons. The van der Waals surface area contributed by atoms with Gasteiger partial charge >= 0.3 is 6.09 Å². The van der Waals surface area contributed by atoms with Crippen LogP contribution in [-0.2, 0) is 4.79 Å². The second-order valence-corrected chi connectivity index (χ2v) is 5.28. The summed E-state index contributed by atoms with van der Waals surface area (Å²) in [6.07, 6.45) is -1.06. The normalized spacial score (nSPS) is 16.0. The molecular formula is C13H16N4O4. The fraction of sp³-hybridized carbons (Fsp3) is 0.308. The van der Waals surface area contributed by atoms with E-state index in [0.29, 0.717) is 0 Å². The highest BCUT2D eigenvalue weighted by molar-refractivity contribution is 6.05. The number of amides is 3. The third-order valence-corrected chi connectivity index (χ3v) is 3.52. The van der Waals surface area contributed by atoms with E-state index in [1.54, 1.807) is 19.1 Å². The fourth-order valence-corrected chi connectivity index (χ4v) is 2.24. The molecule has 0 saturated carbocycles. The molecule has 0 bridgehead atoms. The third-order valence-electron chi connectivity index (χ3n) is 3.52. The molecule has 6 N–H and O–H groups in total. The summed E-state index contributed by atoms with van der Waals surface area (Å²) in [5.74, 6) is -1.04. The van der Waals surface area contributed by atoms with E-state index in [4.69, 9.17) is 16.6 Å². The highest BCUT2D eigenvalue weighted by Crippen LogP contribution is 2.32. The second-order valence-electron chi connectivity index (χ2n) is 5.28. The van der Waals surface area contributed by atoms with Crippen molar-refractivity contribution in [3.63, 3.8) is 0 Å². The Labute approximate surface area is 120 Å². The lowest BCUT2D eigenvalue weighted by Gasteiger charge is -2.44. The lowest BCUT2D eigenvalue weighted by atomic mass is 9.81. The summed E-state index contributed by atoms with van der Waals surface area (Å²) in [6, 6.07) is 4.57. The summed E-state index contributed by atoms with van der Waals surface area (Å²) in [7, 11) is 0. The molecule has 0 unspecified atom stereocenters. The molecule has 1 heterocycles. The minimum Gasteiger partial charge on any atom is -0.465 e. The summed E-state index contributed by atoms with van der Waals surface area (Å²) in [5, 5.41) is 11.4. The minimum atomic E-state index is -1.06. The molecule has 8 heteroatoms. The van der Waals surface area contributed by atoms with Crippen LogP contribution < -0.4 is 16.8 Å². The zero-order chi connectivity index (χ0) is 15.8. The van der Waals surface area contributed by atoms with Crippen LogP contribution in [0.2, 0.25) is 0 Å². The molecule has 112 valence electrons. The van der Waals surface area contributed by atoms with E-state index >= 15 is 0 Å². The van der Waals surface area contributed by atoms with Crippen molar-refractivity contribution in [2.45, 2.75) is 6.92 Å². The number of carbonyl (C=O) groups excluding carboxylic acids is 2. The maximum absolute atomic E-state index is 12.2. The number of carboxylic acid groups (broad SMARTS) is 1. The van der Waals surface area contributed by atoms with Crippen molar-refractivity contribution in [1.82, 2.24) is 4.90 Å². The van der Waals surface area contributed by atoms with Crippen molar-refractivity contribution >= 4 is 29.3 Å². The monoisotopic (exact) mass is 292 g/mol. The van der Waals surface area contributed by atoms with E-state index < -0.39 is 17.4 Å². The number of primary amides is 1. The summed E-state index contributed by atoms with van der Waals surface area (Å²) in [4.78, 5) is 35.3. The first-order chi connectivity index (χ1) is 9.74. The van der Waals surface area contributed by atoms with E-state index in [9.17, 15) is 14.4 Å². The van der Waals surface area contributed by atoms with Crippen LogP contribution in [0.1, 0.15) is 17.3 Å². The summed E-state index contributed by atoms with van der Waals surface area (Å²) >= 11 is 0. The van der Waals surface area contributed by atoms with Crippen LogP contribution in [0.3, 0.4) is 0 Å². The molecule has 2 rings (SSSR count). The van der Waals surface area contributed by atoms with Gasteiger partial charge in [-0.25, -0.2) is 4.79 Å². The summed E-state index contributed by atoms with van der Waals surface area (Å²) in [6.45, 7) is 1.89. The number of benzene rings is 1. The van der Waals surface area contributed by atoms with Gasteiger partial charge in [0.2, 0.25) is 5.91 Å². The Morgan fingerprint density at radius 1 is 1.33 bits per heavy atom. The number of nitrogen functional groups attached to an aromatic ring is 1. The smallest absolute Gasteiger partial charge is 0.407 e. The Bertz CT molecular complexity index is 623. The van der Waals surface area contributed by atoms with Crippen LogP contribution in [0.25, 0.3) is 0 Å². The Kier molecular flexibility index (Phi) is 3.46. The van der Waals surface area contributed by atoms with Gasteiger partial charge in [-0.1, -0.05) is 6.07 Å². The first-order valence-corrected chi connectivity index (χ1v) is 6.22. The van der Waals surface area contributed by atoms with Gasteiger partial charge in [-0.05, 0) is 19.1 Å². The number of hydrogen-bond acceptors (Lipinski definition) is 4. The van der Waals surface area contributed by atoms with Gasteiger partial charge < -0.3 is 26.8 Å². The molecular weight excluding hydrogens is 276 g/mol. The number of likely N-dealkylation sites (tertiary alicyclic amines) is 1. The van der Waals surface area contributed by atoms with Gasteiger partial charge in [0.1, 0.15) is 0 Å². The number of nitrogens with zero attached hydrogens (tertiary/aromatic N) is 1. The predicted octanol–water partition coefficient (Wildman–Crippen LogP) is 0.306. The zero-order valence-corrected chi connectivity index (χ0v) is 11.4. The summed E-state index contributed by atoms with van der Waals surface area (Å²) in [5.41, 5.74) is 10.7. The van der Waals surface area contributed by atoms with Gasteiger partial charge in [-0.2, -0.15) is 0 Å². The molecule has 21 heavy (non-hydrogen) atoms. The average Bonchev–Trinajstić information content (AvgIpc) is 2.36. The number of anilines is 2. The first kappa shape index (κ1) is 14.6. The van der Waals surface area contributed by atoms with Gasteiger partial charge in [0, 0.05) is 13.1 Å². The van der Waals surface area contributed by atoms with E-state index in [-0.39, 0.29) is 35.9 Å². The number of rotatable bonds is 3. The average molecular weight is 292 g/mol. The molecule has 0 aromatic heterocycles. The van der Waals surface area contributed by atoms with E-state index in [0.717, 1.165) is 4.90 Å². The maximum atomic E-state index is 12.2. The fourth-order valence-electron chi connectivity index (χ4n) is 2.24. The molecule has 1 aliphatic heterocycles. The molecule has 3 amide bonds. The largest absolute Gasteiger partial charge is 0.465 e. The molecule has 1 aromatic rings. The number of para-hydroxylation sites is 1. The van der Waals surface area contributed by atoms with Crippen LogP contribution in [0.5, 0.6) is 0 Å². The quantitative estimate of drug-likeness (QED) is 0.594. The van der Waals surface area contributed by atoms with E-state index in [1.165, 1.54) is 6.07 Å². The number of nitrogens with one attached hydrogen (secondary N) is 1. The van der Waals surface area contributed by atoms with Crippen LogP contribution in [-0.4, -0.2) is 41.0 Å². The highest BCUT2D eigenvalue weighted by Gasteiger charge is 2.47. The number of nitrogens with two attached hydrogens (primary N) is 2. The number of carbonyl (C=O) groups is 3. The molecule has 0 atom stereocenters. The van der Waals surface area contributed by atoms with Crippen LogP contribution in [0.15, 0.2) is 18.2 Å². The first-order valence-electron chi connectivity index (χ1n) is 6.22. The van der Waals surface area contributed by atoms with Gasteiger partial charge in [0.25, 0.3) is 5.91 Å². The van der Waals surface area contributed by atoms with Crippen LogP contribution >= 0.6 is 0 Å². The van der Waals surface area contributed by atoms with Crippen molar-refractivity contribution in [2.24, 2.45) is 11.1 Å². The SMILES string of the molecule is CC1(C(=O)Nc2cccc(C(N)=O)c2N)CN(C(=O)O)C1. The predicted molar refractivity (Wildman–Crippen MR) is 75.7 cm³/mol. The van der Waals surface area contributed by atoms with Gasteiger partial charge in [0.15, 0.2) is 0 Å². The molecule has 1 aromatic carbocycles. The molecule has 1 fully saturated rings. The van der Waals surface area contributed by atoms with Crippen LogP contribution in [0.4, 0.5) is 16.2 Å². The lowest BCUT2D eigenvalue weighted by Crippen LogP contribution is -2.61. The Morgan fingerprint density at radius 3 is 2.48 bits per heavy atom. The molecule has 0 aliphatic carbocycles. The zero-order valence-electron chi connectivity index (χ0n) is 11.4. The van der Waals surface area contributed by atoms with Crippen molar-refractivity contribution in [1.29, 1.82) is 0 Å². The van der Waals surface area contributed by atoms with E-state index in [2.05, 4.69) is 5.32 Å². The van der Waals surface area contributed by atoms with Gasteiger partial charge in [-0.3, -0.25) is 9.59 Å². The molecule has 8 nitrogen and oxygen atoms in total. The standard InChI is InChI=1S/C13H16N4O4/c1-13(5-17(6-13)12(20)21)11(19)16-8-4-2-3-7(9(8)14)10(15)18/h2-4H,5-6,14H2,1H3,(H2,15,18)(H,16,19)(H,20,21). The van der Waals surface area contributed by atoms with Gasteiger partial charge in [-0.15, -0.1) is 0 Å². The third kappa shape index (κ3) is 2.60. The second kappa shape index (κ2) is 4.97. The van der Waals surface area contributed by atoms with Crippen molar-refractivity contribution in [2.75, 3.05) is 24.1 Å². The topological polar surface area (TPSA) is 139 Å². The van der Waals surface area contributed by atoms with E-state index in [1.807, 2.05) is 0 Å². The Hall–Kier alpha value is -2.77. The van der Waals surface area contributed by atoms with Crippen molar-refractivity contribution in [3.05, 3.63) is 23.8 Å². The molecule has 1 aliphatic rings.